The first-order chi connectivity index (χ1) is 42.3. The van der Waals surface area contributed by atoms with Crippen LogP contribution in [0.2, 0.25) is 0 Å². The van der Waals surface area contributed by atoms with Crippen molar-refractivity contribution in [2.24, 2.45) is 5.11 Å². The SMILES string of the molecule is Cc1ccc(C(NCCCCC(NC(=O)C(Cc2ccccc2)NC(=O)CCOCCOCCOCCOCCOCCOCCOCCOCCOCCOCCN=[N+]=[N-])C(=O)Nc2ccc(CO)cc2)(c2ccccc2)c2ccccc2)cc1. The van der Waals surface area contributed by atoms with Crippen molar-refractivity contribution in [2.45, 2.75) is 63.3 Å². The standard InChI is InChI=1S/C65H89N7O14/c1-53-20-24-58(25-21-53)65(56-15-7-3-8-16-56,57-17-9-4-10-18-57)67-29-12-11-19-60(63(75)69-59-26-22-55(52-73)23-27-59)71-64(76)61(51-54-13-5-2-6-14-54)70-62(74)28-31-77-33-35-79-37-39-81-41-43-83-45-47-85-49-50-86-48-46-84-44-42-82-40-38-80-36-34-78-32-30-68-72-66/h2-10,13-18,20-27,60-61,67,73H,11-12,19,28-52H2,1H3,(H,69,75)(H,70,74)(H,71,76). The van der Waals surface area contributed by atoms with Crippen molar-refractivity contribution in [3.05, 3.63) is 183 Å². The fourth-order valence-electron chi connectivity index (χ4n) is 8.92. The quantitative estimate of drug-likeness (QED) is 0.00844. The van der Waals surface area contributed by atoms with E-state index in [2.05, 4.69) is 86.7 Å². The first-order valence-corrected chi connectivity index (χ1v) is 29.7. The van der Waals surface area contributed by atoms with Crippen LogP contribution in [-0.2, 0) is 80.3 Å². The van der Waals surface area contributed by atoms with Crippen molar-refractivity contribution in [1.82, 2.24) is 16.0 Å². The number of nitrogens with zero attached hydrogens (tertiary/aromatic N) is 3. The van der Waals surface area contributed by atoms with Crippen molar-refractivity contribution in [2.75, 3.05) is 151 Å². The summed E-state index contributed by atoms with van der Waals surface area (Å²) in [5, 5.41) is 25.8. The zero-order chi connectivity index (χ0) is 60.8. The van der Waals surface area contributed by atoms with E-state index in [0.29, 0.717) is 163 Å². The van der Waals surface area contributed by atoms with Gasteiger partial charge in [0.25, 0.3) is 0 Å². The van der Waals surface area contributed by atoms with Gasteiger partial charge in [-0.1, -0.05) is 138 Å². The van der Waals surface area contributed by atoms with E-state index in [0.717, 1.165) is 27.8 Å². The molecule has 3 amide bonds. The third-order valence-corrected chi connectivity index (χ3v) is 13.4. The molecule has 0 radical (unpaired) electrons. The molecule has 21 nitrogen and oxygen atoms in total. The van der Waals surface area contributed by atoms with Crippen LogP contribution in [0.25, 0.3) is 10.4 Å². The Balaban J connectivity index is 0.959. The highest BCUT2D eigenvalue weighted by molar-refractivity contribution is 5.98. The number of ether oxygens (including phenoxy) is 10. The Morgan fingerprint density at radius 3 is 1.37 bits per heavy atom. The minimum atomic E-state index is -0.985. The van der Waals surface area contributed by atoms with Gasteiger partial charge in [-0.15, -0.1) is 0 Å². The summed E-state index contributed by atoms with van der Waals surface area (Å²) in [5.74, 6) is -1.27. The first kappa shape index (κ1) is 70.1. The molecule has 2 unspecified atom stereocenters. The summed E-state index contributed by atoms with van der Waals surface area (Å²) in [5.41, 5.74) is 14.0. The summed E-state index contributed by atoms with van der Waals surface area (Å²) in [7, 11) is 0. The van der Waals surface area contributed by atoms with Gasteiger partial charge in [-0.25, -0.2) is 0 Å². The zero-order valence-corrected chi connectivity index (χ0v) is 49.8. The van der Waals surface area contributed by atoms with Gasteiger partial charge < -0.3 is 68.4 Å². The number of aliphatic hydroxyl groups excluding tert-OH is 1. The van der Waals surface area contributed by atoms with E-state index in [1.807, 2.05) is 66.7 Å². The van der Waals surface area contributed by atoms with E-state index in [9.17, 15) is 19.5 Å². The van der Waals surface area contributed by atoms with Gasteiger partial charge in [0.15, 0.2) is 0 Å². The number of amides is 3. The van der Waals surface area contributed by atoms with Crippen molar-refractivity contribution in [1.29, 1.82) is 0 Å². The number of hydrogen-bond acceptors (Lipinski definition) is 16. The summed E-state index contributed by atoms with van der Waals surface area (Å²) in [6.45, 7) is 10.9. The van der Waals surface area contributed by atoms with Crippen LogP contribution in [0.3, 0.4) is 0 Å². The molecule has 0 spiro atoms. The van der Waals surface area contributed by atoms with Gasteiger partial charge in [-0.05, 0) is 78.2 Å². The van der Waals surface area contributed by atoms with Gasteiger partial charge in [-0.2, -0.15) is 0 Å². The van der Waals surface area contributed by atoms with Gasteiger partial charge in [0, 0.05) is 30.0 Å². The van der Waals surface area contributed by atoms with E-state index in [1.54, 1.807) is 24.3 Å². The number of anilines is 1. The number of rotatable bonds is 50. The Morgan fingerprint density at radius 1 is 0.488 bits per heavy atom. The Kier molecular flexibility index (Phi) is 36.5. The monoisotopic (exact) mass is 1190 g/mol. The molecule has 5 aromatic carbocycles. The van der Waals surface area contributed by atoms with Crippen LogP contribution in [0.15, 0.2) is 145 Å². The second kappa shape index (κ2) is 44.7. The molecule has 0 aliphatic heterocycles. The summed E-state index contributed by atoms with van der Waals surface area (Å²) in [6.07, 6.45) is 1.78. The highest BCUT2D eigenvalue weighted by atomic mass is 16.6. The predicted molar refractivity (Wildman–Crippen MR) is 328 cm³/mol. The lowest BCUT2D eigenvalue weighted by Gasteiger charge is -2.37. The molecule has 2 atom stereocenters. The summed E-state index contributed by atoms with van der Waals surface area (Å²) < 4.78 is 55.1. The van der Waals surface area contributed by atoms with Gasteiger partial charge in [-0.3, -0.25) is 19.7 Å². The number of hydrogen-bond donors (Lipinski definition) is 5. The van der Waals surface area contributed by atoms with Crippen LogP contribution >= 0.6 is 0 Å². The minimum absolute atomic E-state index is 0.00577. The molecular weight excluding hydrogens is 1100 g/mol. The van der Waals surface area contributed by atoms with Crippen LogP contribution < -0.4 is 21.3 Å². The Hall–Kier alpha value is -6.66. The molecule has 5 N–H and O–H groups in total. The fourth-order valence-corrected chi connectivity index (χ4v) is 8.92. The second-order valence-electron chi connectivity index (χ2n) is 19.8. The highest BCUT2D eigenvalue weighted by Gasteiger charge is 2.36. The molecule has 0 bridgehead atoms. The van der Waals surface area contributed by atoms with Crippen LogP contribution in [0, 0.1) is 6.92 Å². The van der Waals surface area contributed by atoms with E-state index in [4.69, 9.17) is 52.9 Å². The van der Waals surface area contributed by atoms with Crippen molar-refractivity contribution in [3.63, 3.8) is 0 Å². The lowest BCUT2D eigenvalue weighted by atomic mass is 9.76. The molecule has 468 valence electrons. The Morgan fingerprint density at radius 2 is 0.919 bits per heavy atom. The van der Waals surface area contributed by atoms with Crippen molar-refractivity contribution >= 4 is 23.4 Å². The Bertz CT molecular complexity index is 2560. The van der Waals surface area contributed by atoms with E-state index in [-0.39, 0.29) is 38.6 Å². The number of aliphatic hydroxyl groups is 1. The molecule has 0 aromatic heterocycles. The van der Waals surface area contributed by atoms with Crippen LogP contribution in [0.5, 0.6) is 0 Å². The molecule has 0 aliphatic rings. The molecule has 86 heavy (non-hydrogen) atoms. The molecule has 21 heteroatoms. The number of carbonyl (C=O) groups excluding carboxylic acids is 3. The zero-order valence-electron chi connectivity index (χ0n) is 49.8. The molecule has 5 aromatic rings. The second-order valence-corrected chi connectivity index (χ2v) is 19.8. The van der Waals surface area contributed by atoms with Crippen LogP contribution in [0.1, 0.15) is 59.1 Å². The largest absolute Gasteiger partial charge is 0.392 e. The first-order valence-electron chi connectivity index (χ1n) is 29.7. The number of azide groups is 1. The number of carbonyl (C=O) groups is 3. The van der Waals surface area contributed by atoms with Gasteiger partial charge in [0.05, 0.1) is 144 Å². The average molecular weight is 1190 g/mol. The van der Waals surface area contributed by atoms with E-state index >= 15 is 0 Å². The van der Waals surface area contributed by atoms with Gasteiger partial charge in [0.2, 0.25) is 17.7 Å². The summed E-state index contributed by atoms with van der Waals surface area (Å²) >= 11 is 0. The topological polar surface area (TPSA) is 261 Å². The average Bonchev–Trinajstić information content (AvgIpc) is 1.14. The number of benzene rings is 5. The molecule has 0 heterocycles. The molecule has 0 aliphatic carbocycles. The summed E-state index contributed by atoms with van der Waals surface area (Å²) in [6, 6.07) is 43.7. The highest BCUT2D eigenvalue weighted by Crippen LogP contribution is 2.37. The van der Waals surface area contributed by atoms with Gasteiger partial charge in [0.1, 0.15) is 12.1 Å². The maximum Gasteiger partial charge on any atom is 0.246 e. The van der Waals surface area contributed by atoms with E-state index < -0.39 is 29.4 Å². The Labute approximate surface area is 506 Å². The maximum absolute atomic E-state index is 14.3. The van der Waals surface area contributed by atoms with Crippen LogP contribution in [0.4, 0.5) is 5.69 Å². The smallest absolute Gasteiger partial charge is 0.246 e. The molecule has 0 saturated carbocycles. The molecule has 5 rings (SSSR count). The lowest BCUT2D eigenvalue weighted by Crippen LogP contribution is -2.53. The molecule has 0 saturated heterocycles. The van der Waals surface area contributed by atoms with Crippen molar-refractivity contribution in [3.8, 4) is 0 Å². The van der Waals surface area contributed by atoms with Crippen molar-refractivity contribution < 1.29 is 66.9 Å². The lowest BCUT2D eigenvalue weighted by molar-refractivity contribution is -0.131. The number of nitrogens with one attached hydrogen (secondary N) is 4. The normalized spacial score (nSPS) is 12.1. The maximum atomic E-state index is 14.3. The summed E-state index contributed by atoms with van der Waals surface area (Å²) in [4.78, 5) is 44.5. The molecular formula is C65H89N7O14. The molecule has 0 fully saturated rings. The fraction of sp³-hybridized carbons (Fsp3) is 0.492. The number of aryl methyl sites for hydroxylation is 1. The van der Waals surface area contributed by atoms with E-state index in [1.165, 1.54) is 0 Å². The van der Waals surface area contributed by atoms with Gasteiger partial charge >= 0.3 is 0 Å². The minimum Gasteiger partial charge on any atom is -0.392 e. The third-order valence-electron chi connectivity index (χ3n) is 13.4. The third kappa shape index (κ3) is 28.7. The predicted octanol–water partition coefficient (Wildman–Crippen LogP) is 7.26. The number of unbranched alkanes of at least 4 members (excludes halogenated alkanes) is 1. The van der Waals surface area contributed by atoms with Crippen LogP contribution in [-0.4, -0.2) is 180 Å².